The molecule has 0 spiro atoms. The largest absolute Gasteiger partial charge is 0.481 e. The quantitative estimate of drug-likeness (QED) is 0.893. The monoisotopic (exact) mass is 255 g/mol. The SMILES string of the molecule is CN(C(=O)C1CC1C(=O)O)c1cc(F)ccc1F. The average molecular weight is 255 g/mol. The maximum Gasteiger partial charge on any atom is 0.307 e. The van der Waals surface area contributed by atoms with Gasteiger partial charge in [0.1, 0.15) is 11.6 Å². The highest BCUT2D eigenvalue weighted by atomic mass is 19.1. The van der Waals surface area contributed by atoms with Gasteiger partial charge >= 0.3 is 5.97 Å². The van der Waals surface area contributed by atoms with Crippen LogP contribution in [0, 0.1) is 23.5 Å². The van der Waals surface area contributed by atoms with Crippen LogP contribution in [-0.2, 0) is 9.59 Å². The van der Waals surface area contributed by atoms with Crippen molar-refractivity contribution in [2.45, 2.75) is 6.42 Å². The van der Waals surface area contributed by atoms with Crippen LogP contribution >= 0.6 is 0 Å². The van der Waals surface area contributed by atoms with Crippen LogP contribution in [0.25, 0.3) is 0 Å². The van der Waals surface area contributed by atoms with Gasteiger partial charge in [0.2, 0.25) is 5.91 Å². The van der Waals surface area contributed by atoms with Crippen molar-refractivity contribution in [3.8, 4) is 0 Å². The van der Waals surface area contributed by atoms with Crippen LogP contribution < -0.4 is 4.90 Å². The number of halogens is 2. The second kappa shape index (κ2) is 4.36. The molecule has 1 aliphatic rings. The van der Waals surface area contributed by atoms with Crippen LogP contribution in [-0.4, -0.2) is 24.0 Å². The topological polar surface area (TPSA) is 57.6 Å². The number of aliphatic carboxylic acids is 1. The second-order valence-corrected chi connectivity index (χ2v) is 4.28. The highest BCUT2D eigenvalue weighted by Gasteiger charge is 2.49. The van der Waals surface area contributed by atoms with Crippen LogP contribution in [0.15, 0.2) is 18.2 Å². The highest BCUT2D eigenvalue weighted by molar-refractivity contribution is 5.99. The third-order valence-corrected chi connectivity index (χ3v) is 3.02. The lowest BCUT2D eigenvalue weighted by Gasteiger charge is -2.18. The number of carboxylic acids is 1. The second-order valence-electron chi connectivity index (χ2n) is 4.28. The molecule has 1 aliphatic carbocycles. The van der Waals surface area contributed by atoms with Crippen LogP contribution in [0.5, 0.6) is 0 Å². The summed E-state index contributed by atoms with van der Waals surface area (Å²) in [5, 5.41) is 8.72. The number of hydrogen-bond acceptors (Lipinski definition) is 2. The third kappa shape index (κ3) is 2.18. The van der Waals surface area contributed by atoms with E-state index in [4.69, 9.17) is 5.11 Å². The molecule has 0 bridgehead atoms. The molecule has 0 heterocycles. The summed E-state index contributed by atoms with van der Waals surface area (Å²) in [6.07, 6.45) is 0.245. The number of carbonyl (C=O) groups is 2. The zero-order valence-electron chi connectivity index (χ0n) is 9.56. The van der Waals surface area contributed by atoms with Gasteiger partial charge < -0.3 is 10.0 Å². The van der Waals surface area contributed by atoms with Gasteiger partial charge in [0.15, 0.2) is 0 Å². The van der Waals surface area contributed by atoms with Gasteiger partial charge in [0.05, 0.1) is 17.5 Å². The predicted octanol–water partition coefficient (Wildman–Crippen LogP) is 1.65. The number of benzene rings is 1. The minimum atomic E-state index is -1.04. The zero-order valence-corrected chi connectivity index (χ0v) is 9.56. The molecule has 96 valence electrons. The van der Waals surface area contributed by atoms with Crippen molar-refractivity contribution >= 4 is 17.6 Å². The minimum absolute atomic E-state index is 0.184. The van der Waals surface area contributed by atoms with Crippen molar-refractivity contribution in [2.75, 3.05) is 11.9 Å². The maximum atomic E-state index is 13.4. The van der Waals surface area contributed by atoms with E-state index in [9.17, 15) is 18.4 Å². The van der Waals surface area contributed by atoms with Gasteiger partial charge in [-0.25, -0.2) is 8.78 Å². The van der Waals surface area contributed by atoms with E-state index in [0.29, 0.717) is 0 Å². The van der Waals surface area contributed by atoms with Gasteiger partial charge in [-0.05, 0) is 18.6 Å². The average Bonchev–Trinajstić information content (AvgIpc) is 3.10. The molecule has 0 aliphatic heterocycles. The first kappa shape index (κ1) is 12.5. The van der Waals surface area contributed by atoms with E-state index in [1.54, 1.807) is 0 Å². The van der Waals surface area contributed by atoms with Crippen molar-refractivity contribution in [3.63, 3.8) is 0 Å². The van der Waals surface area contributed by atoms with Crippen LogP contribution in [0.2, 0.25) is 0 Å². The molecule has 0 aromatic heterocycles. The van der Waals surface area contributed by atoms with E-state index < -0.39 is 35.3 Å². The summed E-state index contributed by atoms with van der Waals surface area (Å²) in [5.74, 6) is -4.28. The molecular weight excluding hydrogens is 244 g/mol. The van der Waals surface area contributed by atoms with Crippen LogP contribution in [0.3, 0.4) is 0 Å². The van der Waals surface area contributed by atoms with E-state index >= 15 is 0 Å². The molecular formula is C12H11F2NO3. The molecule has 1 aromatic rings. The Bertz CT molecular complexity index is 518. The van der Waals surface area contributed by atoms with E-state index in [2.05, 4.69) is 0 Å². The Morgan fingerprint density at radius 1 is 1.33 bits per heavy atom. The lowest BCUT2D eigenvalue weighted by atomic mass is 10.2. The van der Waals surface area contributed by atoms with E-state index in [-0.39, 0.29) is 12.1 Å². The van der Waals surface area contributed by atoms with Crippen molar-refractivity contribution in [1.29, 1.82) is 0 Å². The summed E-state index contributed by atoms with van der Waals surface area (Å²) < 4.78 is 26.4. The molecule has 1 fully saturated rings. The molecule has 18 heavy (non-hydrogen) atoms. The molecule has 2 rings (SSSR count). The molecule has 4 nitrogen and oxygen atoms in total. The molecule has 1 aromatic carbocycles. The van der Waals surface area contributed by atoms with Gasteiger partial charge in [-0.3, -0.25) is 9.59 Å². The first-order valence-electron chi connectivity index (χ1n) is 5.37. The minimum Gasteiger partial charge on any atom is -0.481 e. The zero-order chi connectivity index (χ0) is 13.4. The summed E-state index contributed by atoms with van der Waals surface area (Å²) >= 11 is 0. The fourth-order valence-electron chi connectivity index (χ4n) is 1.85. The summed E-state index contributed by atoms with van der Waals surface area (Å²) in [6, 6.07) is 2.79. The molecule has 0 radical (unpaired) electrons. The van der Waals surface area contributed by atoms with E-state index in [1.807, 2.05) is 0 Å². The molecule has 2 atom stereocenters. The fraction of sp³-hybridized carbons (Fsp3) is 0.333. The molecule has 0 saturated heterocycles. The molecule has 2 unspecified atom stereocenters. The van der Waals surface area contributed by atoms with E-state index in [0.717, 1.165) is 23.1 Å². The Labute approximate surface area is 102 Å². The van der Waals surface area contributed by atoms with Crippen LogP contribution in [0.1, 0.15) is 6.42 Å². The highest BCUT2D eigenvalue weighted by Crippen LogP contribution is 2.40. The van der Waals surface area contributed by atoms with Gasteiger partial charge in [-0.15, -0.1) is 0 Å². The van der Waals surface area contributed by atoms with Crippen molar-refractivity contribution in [3.05, 3.63) is 29.8 Å². The number of rotatable bonds is 3. The summed E-state index contributed by atoms with van der Waals surface area (Å²) in [6.45, 7) is 0. The van der Waals surface area contributed by atoms with Crippen molar-refractivity contribution < 1.29 is 23.5 Å². The Hall–Kier alpha value is -1.98. The number of carboxylic acid groups (broad SMARTS) is 1. The summed E-state index contributed by atoms with van der Waals surface area (Å²) in [5.41, 5.74) is -0.184. The van der Waals surface area contributed by atoms with Crippen LogP contribution in [0.4, 0.5) is 14.5 Å². The number of amides is 1. The Morgan fingerprint density at radius 3 is 2.56 bits per heavy atom. The first-order valence-corrected chi connectivity index (χ1v) is 5.37. The number of carbonyl (C=O) groups excluding carboxylic acids is 1. The third-order valence-electron chi connectivity index (χ3n) is 3.02. The predicted molar refractivity (Wildman–Crippen MR) is 59.0 cm³/mol. The van der Waals surface area contributed by atoms with Gasteiger partial charge in [-0.2, -0.15) is 0 Å². The smallest absolute Gasteiger partial charge is 0.307 e. The summed E-state index contributed by atoms with van der Waals surface area (Å²) in [7, 11) is 1.30. The fourth-order valence-corrected chi connectivity index (χ4v) is 1.85. The first-order chi connectivity index (χ1) is 8.41. The molecule has 1 amide bonds. The van der Waals surface area contributed by atoms with E-state index in [1.165, 1.54) is 7.05 Å². The molecule has 6 heteroatoms. The number of nitrogens with zero attached hydrogens (tertiary/aromatic N) is 1. The number of anilines is 1. The molecule has 1 N–H and O–H groups in total. The molecule has 1 saturated carbocycles. The van der Waals surface area contributed by atoms with Crippen molar-refractivity contribution in [1.82, 2.24) is 0 Å². The van der Waals surface area contributed by atoms with Crippen molar-refractivity contribution in [2.24, 2.45) is 11.8 Å². The lowest BCUT2D eigenvalue weighted by Crippen LogP contribution is -2.29. The Balaban J connectivity index is 2.17. The lowest BCUT2D eigenvalue weighted by molar-refractivity contribution is -0.139. The summed E-state index contributed by atoms with van der Waals surface area (Å²) in [4.78, 5) is 23.5. The normalized spacial score (nSPS) is 21.5. The van der Waals surface area contributed by atoms with Gasteiger partial charge in [-0.1, -0.05) is 0 Å². The van der Waals surface area contributed by atoms with Gasteiger partial charge in [0, 0.05) is 13.1 Å². The maximum absolute atomic E-state index is 13.4. The standard InChI is InChI=1S/C12H11F2NO3/c1-15(10-4-6(13)2-3-9(10)14)11(16)7-5-8(7)12(17)18/h2-4,7-8H,5H2,1H3,(H,17,18). The Morgan fingerprint density at radius 2 is 2.00 bits per heavy atom. The van der Waals surface area contributed by atoms with Gasteiger partial charge in [0.25, 0.3) is 0 Å². The number of hydrogen-bond donors (Lipinski definition) is 1. The Kier molecular flexibility index (Phi) is 3.02.